The zero-order valence-electron chi connectivity index (χ0n) is 10.4. The fraction of sp³-hybridized carbons (Fsp3) is 0.200. The second-order valence-electron chi connectivity index (χ2n) is 4.57. The van der Waals surface area contributed by atoms with Gasteiger partial charge in [-0.25, -0.2) is 0 Å². The Hall–Kier alpha value is -0.830. The molecule has 0 fully saturated rings. The van der Waals surface area contributed by atoms with Crippen molar-refractivity contribution < 1.29 is 0 Å². The Kier molecular flexibility index (Phi) is 3.66. The van der Waals surface area contributed by atoms with E-state index >= 15 is 0 Å². The van der Waals surface area contributed by atoms with E-state index in [9.17, 15) is 0 Å². The van der Waals surface area contributed by atoms with Gasteiger partial charge in [0.25, 0.3) is 0 Å². The van der Waals surface area contributed by atoms with Crippen LogP contribution in [0.15, 0.2) is 52.3 Å². The molecule has 2 aromatic carbocycles. The average molecular weight is 310 g/mol. The number of nitrogens with zero attached hydrogens (tertiary/aromatic N) is 1. The standard InChI is InChI=1S/C15H13Cl2NS/c1-10(16)9-18-12-4-2-3-5-14(12)19-15-7-6-11(17)8-13(15)18/h2-8,10H,9H2,1H3/t10-/m0/s1. The maximum Gasteiger partial charge on any atom is 0.0568 e. The van der Waals surface area contributed by atoms with Gasteiger partial charge in [0.1, 0.15) is 0 Å². The molecular formula is C15H13Cl2NS. The fourth-order valence-electron chi connectivity index (χ4n) is 2.25. The zero-order valence-corrected chi connectivity index (χ0v) is 12.8. The number of alkyl halides is 1. The highest BCUT2D eigenvalue weighted by molar-refractivity contribution is 7.99. The van der Waals surface area contributed by atoms with Gasteiger partial charge in [-0.05, 0) is 37.3 Å². The SMILES string of the molecule is C[C@H](Cl)CN1c2ccccc2Sc2ccc(Cl)cc21. The summed E-state index contributed by atoms with van der Waals surface area (Å²) in [6, 6.07) is 14.4. The number of benzene rings is 2. The highest BCUT2D eigenvalue weighted by atomic mass is 35.5. The summed E-state index contributed by atoms with van der Waals surface area (Å²) in [5.41, 5.74) is 2.35. The summed E-state index contributed by atoms with van der Waals surface area (Å²) in [6.45, 7) is 2.78. The van der Waals surface area contributed by atoms with Crippen molar-refractivity contribution in [3.05, 3.63) is 47.5 Å². The second-order valence-corrected chi connectivity index (χ2v) is 6.84. The minimum atomic E-state index is 0.0722. The quantitative estimate of drug-likeness (QED) is 0.667. The molecule has 0 saturated heterocycles. The Morgan fingerprint density at radius 3 is 2.63 bits per heavy atom. The molecule has 0 radical (unpaired) electrons. The van der Waals surface area contributed by atoms with Gasteiger partial charge in [0.05, 0.1) is 11.4 Å². The van der Waals surface area contributed by atoms with Crippen molar-refractivity contribution in [3.8, 4) is 0 Å². The fourth-order valence-corrected chi connectivity index (χ4v) is 3.63. The molecule has 1 atom stereocenters. The molecule has 1 nitrogen and oxygen atoms in total. The largest absolute Gasteiger partial charge is 0.338 e. The Bertz CT molecular complexity index is 613. The molecule has 98 valence electrons. The average Bonchev–Trinajstić information content (AvgIpc) is 2.39. The topological polar surface area (TPSA) is 3.24 Å². The first-order valence-corrected chi connectivity index (χ1v) is 7.76. The highest BCUT2D eigenvalue weighted by Crippen LogP contribution is 2.48. The molecule has 0 aliphatic carbocycles. The van der Waals surface area contributed by atoms with Gasteiger partial charge in [-0.3, -0.25) is 0 Å². The van der Waals surface area contributed by atoms with Crippen LogP contribution in [0.5, 0.6) is 0 Å². The molecule has 0 amide bonds. The van der Waals surface area contributed by atoms with Crippen molar-refractivity contribution in [1.82, 2.24) is 0 Å². The molecule has 0 N–H and O–H groups in total. The van der Waals surface area contributed by atoms with E-state index in [1.165, 1.54) is 15.5 Å². The summed E-state index contributed by atoms with van der Waals surface area (Å²) in [5, 5.41) is 0.828. The van der Waals surface area contributed by atoms with Gasteiger partial charge >= 0.3 is 0 Å². The number of anilines is 2. The van der Waals surface area contributed by atoms with Crippen molar-refractivity contribution in [1.29, 1.82) is 0 Å². The van der Waals surface area contributed by atoms with Gasteiger partial charge in [0.15, 0.2) is 0 Å². The maximum atomic E-state index is 6.20. The van der Waals surface area contributed by atoms with Crippen LogP contribution >= 0.6 is 35.0 Å². The molecule has 1 aliphatic rings. The van der Waals surface area contributed by atoms with Gasteiger partial charge < -0.3 is 4.90 Å². The van der Waals surface area contributed by atoms with Gasteiger partial charge in [0, 0.05) is 26.7 Å². The molecular weight excluding hydrogens is 297 g/mol. The molecule has 19 heavy (non-hydrogen) atoms. The number of hydrogen-bond donors (Lipinski definition) is 0. The van der Waals surface area contributed by atoms with Crippen LogP contribution in [0.3, 0.4) is 0 Å². The molecule has 0 unspecified atom stereocenters. The van der Waals surface area contributed by atoms with Crippen LogP contribution in [0, 0.1) is 0 Å². The Balaban J connectivity index is 2.13. The third-order valence-electron chi connectivity index (χ3n) is 3.02. The summed E-state index contributed by atoms with van der Waals surface area (Å²) in [4.78, 5) is 4.74. The van der Waals surface area contributed by atoms with E-state index in [0.29, 0.717) is 0 Å². The number of halogens is 2. The lowest BCUT2D eigenvalue weighted by atomic mass is 10.2. The van der Waals surface area contributed by atoms with E-state index in [2.05, 4.69) is 35.2 Å². The van der Waals surface area contributed by atoms with Crippen molar-refractivity contribution in [2.24, 2.45) is 0 Å². The van der Waals surface area contributed by atoms with Crippen LogP contribution in [-0.2, 0) is 0 Å². The van der Waals surface area contributed by atoms with E-state index in [-0.39, 0.29) is 5.38 Å². The van der Waals surface area contributed by atoms with Crippen LogP contribution < -0.4 is 4.90 Å². The molecule has 0 saturated carbocycles. The van der Waals surface area contributed by atoms with Crippen LogP contribution in [-0.4, -0.2) is 11.9 Å². The summed E-state index contributed by atoms with van der Waals surface area (Å²) in [5.74, 6) is 0. The number of hydrogen-bond acceptors (Lipinski definition) is 2. The van der Waals surface area contributed by atoms with E-state index in [4.69, 9.17) is 23.2 Å². The third kappa shape index (κ3) is 2.58. The lowest BCUT2D eigenvalue weighted by Crippen LogP contribution is -2.26. The first kappa shape index (κ1) is 13.2. The van der Waals surface area contributed by atoms with Gasteiger partial charge in [0.2, 0.25) is 0 Å². The van der Waals surface area contributed by atoms with Crippen molar-refractivity contribution >= 4 is 46.3 Å². The number of rotatable bonds is 2. The first-order valence-electron chi connectivity index (χ1n) is 6.13. The normalized spacial score (nSPS) is 14.8. The molecule has 4 heteroatoms. The monoisotopic (exact) mass is 309 g/mol. The highest BCUT2D eigenvalue weighted by Gasteiger charge is 2.24. The summed E-state index contributed by atoms with van der Waals surface area (Å²) >= 11 is 14.1. The maximum absolute atomic E-state index is 6.20. The minimum absolute atomic E-state index is 0.0722. The predicted octanol–water partition coefficient (Wildman–Crippen LogP) is 5.57. The van der Waals surface area contributed by atoms with Crippen molar-refractivity contribution in [3.63, 3.8) is 0 Å². The Morgan fingerprint density at radius 1 is 1.11 bits per heavy atom. The lowest BCUT2D eigenvalue weighted by molar-refractivity contribution is 0.873. The Morgan fingerprint density at radius 2 is 1.84 bits per heavy atom. The van der Waals surface area contributed by atoms with Crippen LogP contribution in [0.1, 0.15) is 6.92 Å². The van der Waals surface area contributed by atoms with E-state index in [1.54, 1.807) is 11.8 Å². The third-order valence-corrected chi connectivity index (χ3v) is 4.53. The summed E-state index contributed by atoms with van der Waals surface area (Å²) < 4.78 is 0. The van der Waals surface area contributed by atoms with Crippen molar-refractivity contribution in [2.75, 3.05) is 11.4 Å². The lowest BCUT2D eigenvalue weighted by Gasteiger charge is -2.33. The molecule has 2 aromatic rings. The van der Waals surface area contributed by atoms with Crippen molar-refractivity contribution in [2.45, 2.75) is 22.1 Å². The number of fused-ring (bicyclic) bond motifs is 2. The van der Waals surface area contributed by atoms with E-state index in [1.807, 2.05) is 19.1 Å². The number of para-hydroxylation sites is 1. The van der Waals surface area contributed by atoms with Gasteiger partial charge in [-0.1, -0.05) is 35.5 Å². The van der Waals surface area contributed by atoms with E-state index in [0.717, 1.165) is 17.3 Å². The first-order chi connectivity index (χ1) is 9.15. The Labute approximate surface area is 127 Å². The molecule has 1 aliphatic heterocycles. The minimum Gasteiger partial charge on any atom is -0.338 e. The van der Waals surface area contributed by atoms with Gasteiger partial charge in [-0.2, -0.15) is 0 Å². The molecule has 1 heterocycles. The summed E-state index contributed by atoms with van der Waals surface area (Å²) in [6.07, 6.45) is 0. The van der Waals surface area contributed by atoms with Crippen LogP contribution in [0.25, 0.3) is 0 Å². The molecule has 3 rings (SSSR count). The molecule has 0 aromatic heterocycles. The zero-order chi connectivity index (χ0) is 13.4. The van der Waals surface area contributed by atoms with Crippen LogP contribution in [0.4, 0.5) is 11.4 Å². The van der Waals surface area contributed by atoms with Gasteiger partial charge in [-0.15, -0.1) is 11.6 Å². The molecule has 0 spiro atoms. The summed E-state index contributed by atoms with van der Waals surface area (Å²) in [7, 11) is 0. The van der Waals surface area contributed by atoms with Crippen LogP contribution in [0.2, 0.25) is 5.02 Å². The smallest absolute Gasteiger partial charge is 0.0568 e. The predicted molar refractivity (Wildman–Crippen MR) is 84.3 cm³/mol. The molecule has 0 bridgehead atoms. The second kappa shape index (κ2) is 5.28. The van der Waals surface area contributed by atoms with E-state index < -0.39 is 0 Å².